The molecule has 33 heavy (non-hydrogen) atoms. The summed E-state index contributed by atoms with van der Waals surface area (Å²) in [7, 11) is 1.61. The maximum absolute atomic E-state index is 13.1. The average Bonchev–Trinajstić information content (AvgIpc) is 3.23. The molecule has 0 spiro atoms. The van der Waals surface area contributed by atoms with Crippen molar-refractivity contribution in [1.82, 2.24) is 25.0 Å². The third-order valence-electron chi connectivity index (χ3n) is 4.90. The first-order chi connectivity index (χ1) is 15.9. The van der Waals surface area contributed by atoms with Crippen molar-refractivity contribution in [2.75, 3.05) is 12.4 Å². The summed E-state index contributed by atoms with van der Waals surface area (Å²) < 4.78 is 6.92. The molecule has 4 aromatic rings. The van der Waals surface area contributed by atoms with E-state index in [1.165, 1.54) is 11.8 Å². The lowest BCUT2D eigenvalue weighted by Crippen LogP contribution is -2.15. The zero-order valence-electron chi connectivity index (χ0n) is 18.9. The maximum atomic E-state index is 13.1. The number of nitrogens with one attached hydrogen (secondary N) is 1. The molecule has 0 saturated carbocycles. The van der Waals surface area contributed by atoms with E-state index in [0.29, 0.717) is 22.3 Å². The Morgan fingerprint density at radius 2 is 1.67 bits per heavy atom. The zero-order chi connectivity index (χ0) is 23.4. The van der Waals surface area contributed by atoms with Crippen molar-refractivity contribution >= 4 is 23.4 Å². The minimum Gasteiger partial charge on any atom is -0.497 e. The van der Waals surface area contributed by atoms with Gasteiger partial charge in [0.1, 0.15) is 5.75 Å². The predicted octanol–water partition coefficient (Wildman–Crippen LogP) is 4.54. The molecule has 0 fully saturated rings. The summed E-state index contributed by atoms with van der Waals surface area (Å²) in [5.74, 6) is 0.824. The predicted molar refractivity (Wildman–Crippen MR) is 128 cm³/mol. The number of hydrogen-bond acceptors (Lipinski definition) is 7. The first-order valence-electron chi connectivity index (χ1n) is 10.3. The largest absolute Gasteiger partial charge is 0.497 e. The quantitative estimate of drug-likeness (QED) is 0.320. The van der Waals surface area contributed by atoms with Gasteiger partial charge in [0.25, 0.3) is 5.91 Å². The Kier molecular flexibility index (Phi) is 6.69. The molecule has 1 N–H and O–H groups in total. The molecule has 0 bridgehead atoms. The van der Waals surface area contributed by atoms with Crippen LogP contribution in [-0.4, -0.2) is 38.0 Å². The number of carbonyl (C=O) groups is 1. The van der Waals surface area contributed by atoms with E-state index in [2.05, 4.69) is 25.6 Å². The van der Waals surface area contributed by atoms with Gasteiger partial charge in [-0.2, -0.15) is 0 Å². The summed E-state index contributed by atoms with van der Waals surface area (Å²) in [6, 6.07) is 17.0. The van der Waals surface area contributed by atoms with E-state index in [1.54, 1.807) is 11.8 Å². The molecule has 2 aromatic heterocycles. The van der Waals surface area contributed by atoms with Crippen LogP contribution in [0.4, 0.5) is 5.69 Å². The van der Waals surface area contributed by atoms with Gasteiger partial charge in [-0.1, -0.05) is 34.7 Å². The minimum absolute atomic E-state index is 0.253. The van der Waals surface area contributed by atoms with Gasteiger partial charge in [-0.05, 0) is 63.2 Å². The van der Waals surface area contributed by atoms with E-state index in [-0.39, 0.29) is 11.6 Å². The Morgan fingerprint density at radius 3 is 2.30 bits per heavy atom. The zero-order valence-corrected chi connectivity index (χ0v) is 19.7. The lowest BCUT2D eigenvalue weighted by Gasteiger charge is -2.10. The van der Waals surface area contributed by atoms with Gasteiger partial charge in [0.05, 0.1) is 18.5 Å². The van der Waals surface area contributed by atoms with Gasteiger partial charge in [-0.15, -0.1) is 5.10 Å². The molecule has 0 unspecified atom stereocenters. The summed E-state index contributed by atoms with van der Waals surface area (Å²) >= 11 is 1.44. The van der Waals surface area contributed by atoms with Crippen LogP contribution in [0.2, 0.25) is 0 Å². The number of rotatable bonds is 7. The summed E-state index contributed by atoms with van der Waals surface area (Å²) in [6.45, 7) is 5.86. The number of carbonyl (C=O) groups excluding carboxylic acids is 1. The number of methoxy groups -OCH3 is 1. The number of aromatic nitrogens is 5. The Labute approximate surface area is 196 Å². The van der Waals surface area contributed by atoms with Gasteiger partial charge in [-0.3, -0.25) is 4.79 Å². The van der Waals surface area contributed by atoms with Crippen molar-refractivity contribution in [2.45, 2.75) is 31.7 Å². The van der Waals surface area contributed by atoms with Crippen molar-refractivity contribution < 1.29 is 9.53 Å². The van der Waals surface area contributed by atoms with Crippen LogP contribution < -0.4 is 10.1 Å². The van der Waals surface area contributed by atoms with E-state index in [9.17, 15) is 4.79 Å². The van der Waals surface area contributed by atoms with Crippen LogP contribution in [0.5, 0.6) is 5.75 Å². The molecular formula is C24H24N6O2S. The second-order valence-electron chi connectivity index (χ2n) is 7.54. The van der Waals surface area contributed by atoms with Crippen molar-refractivity contribution in [3.63, 3.8) is 0 Å². The molecule has 4 rings (SSSR count). The number of anilines is 1. The van der Waals surface area contributed by atoms with E-state index < -0.39 is 0 Å². The van der Waals surface area contributed by atoms with Gasteiger partial charge in [0.15, 0.2) is 10.9 Å². The SMILES string of the molecule is COc1ccc(-n2nnc(C(=O)Nc3ccc(C)cc3)c2CSc2nc(C)cc(C)n2)cc1. The lowest BCUT2D eigenvalue weighted by molar-refractivity contribution is 0.102. The molecule has 168 valence electrons. The Hall–Kier alpha value is -3.72. The van der Waals surface area contributed by atoms with Crippen LogP contribution in [0.1, 0.15) is 33.1 Å². The topological polar surface area (TPSA) is 94.8 Å². The third kappa shape index (κ3) is 5.38. The lowest BCUT2D eigenvalue weighted by atomic mass is 10.2. The van der Waals surface area contributed by atoms with E-state index in [1.807, 2.05) is 75.4 Å². The molecule has 2 aromatic carbocycles. The second kappa shape index (κ2) is 9.83. The molecule has 0 aliphatic carbocycles. The Morgan fingerprint density at radius 1 is 1.00 bits per heavy atom. The highest BCUT2D eigenvalue weighted by Crippen LogP contribution is 2.25. The molecule has 2 heterocycles. The number of hydrogen-bond donors (Lipinski definition) is 1. The molecule has 8 nitrogen and oxygen atoms in total. The van der Waals surface area contributed by atoms with Crippen LogP contribution in [0.3, 0.4) is 0 Å². The molecule has 0 aliphatic heterocycles. The molecule has 0 saturated heterocycles. The van der Waals surface area contributed by atoms with Gasteiger partial charge < -0.3 is 10.1 Å². The van der Waals surface area contributed by atoms with E-state index in [4.69, 9.17) is 4.74 Å². The fourth-order valence-corrected chi connectivity index (χ4v) is 4.20. The van der Waals surface area contributed by atoms with Crippen LogP contribution in [0.25, 0.3) is 5.69 Å². The fraction of sp³-hybridized carbons (Fsp3) is 0.208. The summed E-state index contributed by atoms with van der Waals surface area (Å²) in [6.07, 6.45) is 0. The standard InChI is InChI=1S/C24H24N6O2S/c1-15-5-7-18(8-6-15)27-23(31)22-21(14-33-24-25-16(2)13-17(3)26-24)30(29-28-22)19-9-11-20(32-4)12-10-19/h5-13H,14H2,1-4H3,(H,27,31). The first kappa shape index (κ1) is 22.5. The average molecular weight is 461 g/mol. The smallest absolute Gasteiger partial charge is 0.278 e. The van der Waals surface area contributed by atoms with Crippen LogP contribution in [0.15, 0.2) is 59.8 Å². The Bertz CT molecular complexity index is 1250. The normalized spacial score (nSPS) is 10.8. The van der Waals surface area contributed by atoms with Crippen molar-refractivity contribution in [3.8, 4) is 11.4 Å². The van der Waals surface area contributed by atoms with Gasteiger partial charge in [0.2, 0.25) is 0 Å². The molecule has 0 radical (unpaired) electrons. The van der Waals surface area contributed by atoms with Crippen LogP contribution in [0, 0.1) is 20.8 Å². The van der Waals surface area contributed by atoms with Crippen molar-refractivity contribution in [1.29, 1.82) is 0 Å². The van der Waals surface area contributed by atoms with Gasteiger partial charge >= 0.3 is 0 Å². The monoisotopic (exact) mass is 460 g/mol. The highest BCUT2D eigenvalue weighted by atomic mass is 32.2. The molecule has 9 heteroatoms. The molecule has 0 atom stereocenters. The van der Waals surface area contributed by atoms with Crippen LogP contribution >= 0.6 is 11.8 Å². The molecule has 0 aliphatic rings. The van der Waals surface area contributed by atoms with Crippen LogP contribution in [-0.2, 0) is 5.75 Å². The highest BCUT2D eigenvalue weighted by molar-refractivity contribution is 7.98. The summed E-state index contributed by atoms with van der Waals surface area (Å²) in [4.78, 5) is 22.1. The summed E-state index contributed by atoms with van der Waals surface area (Å²) in [5.41, 5.74) is 5.27. The molecular weight excluding hydrogens is 436 g/mol. The minimum atomic E-state index is -0.324. The number of benzene rings is 2. The number of thioether (sulfide) groups is 1. The van der Waals surface area contributed by atoms with Crippen molar-refractivity contribution in [2.24, 2.45) is 0 Å². The van der Waals surface area contributed by atoms with Crippen molar-refractivity contribution in [3.05, 3.63) is 82.9 Å². The van der Waals surface area contributed by atoms with E-state index >= 15 is 0 Å². The summed E-state index contributed by atoms with van der Waals surface area (Å²) in [5, 5.41) is 12.0. The molecule has 1 amide bonds. The number of nitrogens with zero attached hydrogens (tertiary/aromatic N) is 5. The third-order valence-corrected chi connectivity index (χ3v) is 5.76. The Balaban J connectivity index is 1.66. The number of amides is 1. The first-order valence-corrected chi connectivity index (χ1v) is 11.3. The number of aryl methyl sites for hydroxylation is 3. The maximum Gasteiger partial charge on any atom is 0.278 e. The fourth-order valence-electron chi connectivity index (χ4n) is 3.26. The second-order valence-corrected chi connectivity index (χ2v) is 8.48. The highest BCUT2D eigenvalue weighted by Gasteiger charge is 2.22. The van der Waals surface area contributed by atoms with Gasteiger partial charge in [0, 0.05) is 22.8 Å². The van der Waals surface area contributed by atoms with Gasteiger partial charge in [-0.25, -0.2) is 14.6 Å². The number of ether oxygens (including phenoxy) is 1. The van der Waals surface area contributed by atoms with E-state index in [0.717, 1.165) is 28.4 Å².